The second-order valence-electron chi connectivity index (χ2n) is 4.99. The lowest BCUT2D eigenvalue weighted by Crippen LogP contribution is -2.39. The van der Waals surface area contributed by atoms with Crippen molar-refractivity contribution in [2.75, 3.05) is 12.3 Å². The van der Waals surface area contributed by atoms with Crippen LogP contribution in [-0.2, 0) is 9.84 Å². The molecule has 2 heterocycles. The Morgan fingerprint density at radius 1 is 1.26 bits per heavy atom. The quantitative estimate of drug-likeness (QED) is 0.892. The molecule has 1 aliphatic heterocycles. The lowest BCUT2D eigenvalue weighted by Gasteiger charge is -2.22. The van der Waals surface area contributed by atoms with Gasteiger partial charge in [0.15, 0.2) is 0 Å². The molecular weight excluding hydrogens is 262 g/mol. The summed E-state index contributed by atoms with van der Waals surface area (Å²) < 4.78 is 24.7. The number of hydrogen-bond donors (Lipinski definition) is 2. The first-order valence-electron chi connectivity index (χ1n) is 6.56. The molecule has 0 saturated carbocycles. The maximum absolute atomic E-state index is 12.3. The van der Waals surface area contributed by atoms with Crippen molar-refractivity contribution < 1.29 is 8.42 Å². The van der Waals surface area contributed by atoms with Gasteiger partial charge in [-0.2, -0.15) is 0 Å². The minimum absolute atomic E-state index is 0.0481. The summed E-state index contributed by atoms with van der Waals surface area (Å²) in [6.45, 7) is 0.903. The Bertz CT molecular complexity index is 639. The first-order valence-corrected chi connectivity index (χ1v) is 8.21. The SMILES string of the molecule is O=S(=O)(C[C@@H]1CCCCN1)c1nc2ccccc2[nH]1. The zero-order chi connectivity index (χ0) is 13.3. The van der Waals surface area contributed by atoms with Crippen LogP contribution < -0.4 is 5.32 Å². The minimum atomic E-state index is -3.35. The zero-order valence-corrected chi connectivity index (χ0v) is 11.4. The van der Waals surface area contributed by atoms with Gasteiger partial charge < -0.3 is 10.3 Å². The zero-order valence-electron chi connectivity index (χ0n) is 10.6. The molecule has 0 amide bonds. The van der Waals surface area contributed by atoms with Gasteiger partial charge in [-0.15, -0.1) is 0 Å². The molecule has 0 aliphatic carbocycles. The molecule has 2 aromatic rings. The summed E-state index contributed by atoms with van der Waals surface area (Å²) in [5, 5.41) is 3.34. The normalized spacial score (nSPS) is 20.7. The Morgan fingerprint density at radius 3 is 2.84 bits per heavy atom. The van der Waals surface area contributed by atoms with E-state index < -0.39 is 9.84 Å². The van der Waals surface area contributed by atoms with Gasteiger partial charge in [0.25, 0.3) is 0 Å². The Hall–Kier alpha value is -1.40. The van der Waals surface area contributed by atoms with Crippen molar-refractivity contribution in [2.24, 2.45) is 0 Å². The van der Waals surface area contributed by atoms with Crippen LogP contribution in [0.3, 0.4) is 0 Å². The lowest BCUT2D eigenvalue weighted by molar-refractivity contribution is 0.423. The van der Waals surface area contributed by atoms with Crippen LogP contribution in [0.15, 0.2) is 29.4 Å². The number of sulfone groups is 1. The van der Waals surface area contributed by atoms with Gasteiger partial charge in [0.05, 0.1) is 16.8 Å². The summed E-state index contributed by atoms with van der Waals surface area (Å²) >= 11 is 0. The van der Waals surface area contributed by atoms with Gasteiger partial charge >= 0.3 is 0 Å². The summed E-state index contributed by atoms with van der Waals surface area (Å²) in [7, 11) is -3.35. The Balaban J connectivity index is 1.86. The fourth-order valence-electron chi connectivity index (χ4n) is 2.49. The maximum atomic E-state index is 12.3. The molecule has 1 fully saturated rings. The number of nitrogens with one attached hydrogen (secondary N) is 2. The predicted octanol–water partition coefficient (Wildman–Crippen LogP) is 1.48. The molecule has 1 saturated heterocycles. The van der Waals surface area contributed by atoms with Crippen LogP contribution in [-0.4, -0.2) is 36.7 Å². The molecule has 102 valence electrons. The number of piperidine rings is 1. The second kappa shape index (κ2) is 4.94. The number of benzene rings is 1. The van der Waals surface area contributed by atoms with Crippen LogP contribution >= 0.6 is 0 Å². The Kier molecular flexibility index (Phi) is 3.28. The molecule has 0 unspecified atom stereocenters. The molecule has 5 nitrogen and oxygen atoms in total. The van der Waals surface area contributed by atoms with E-state index in [0.29, 0.717) is 5.52 Å². The number of nitrogens with zero attached hydrogens (tertiary/aromatic N) is 1. The third kappa shape index (κ3) is 2.64. The number of aromatic amines is 1. The van der Waals surface area contributed by atoms with Crippen molar-refractivity contribution in [3.63, 3.8) is 0 Å². The highest BCUT2D eigenvalue weighted by Gasteiger charge is 2.25. The summed E-state index contributed by atoms with van der Waals surface area (Å²) in [5.74, 6) is 0.118. The largest absolute Gasteiger partial charge is 0.329 e. The number of fused-ring (bicyclic) bond motifs is 1. The molecule has 6 heteroatoms. The van der Waals surface area contributed by atoms with Gasteiger partial charge in [0.2, 0.25) is 15.0 Å². The fourth-order valence-corrected chi connectivity index (χ4v) is 3.96. The van der Waals surface area contributed by atoms with Crippen molar-refractivity contribution in [3.8, 4) is 0 Å². The third-order valence-electron chi connectivity index (χ3n) is 3.50. The van der Waals surface area contributed by atoms with Crippen LogP contribution in [0.25, 0.3) is 11.0 Å². The predicted molar refractivity (Wildman–Crippen MR) is 73.8 cm³/mol. The minimum Gasteiger partial charge on any atom is -0.329 e. The van der Waals surface area contributed by atoms with Gasteiger partial charge in [-0.05, 0) is 31.5 Å². The average molecular weight is 279 g/mol. The standard InChI is InChI=1S/C13H17N3O2S/c17-19(18,9-10-5-3-4-8-14-10)13-15-11-6-1-2-7-12(11)16-13/h1-2,6-7,10,14H,3-5,8-9H2,(H,15,16)/t10-/m0/s1. The van der Waals surface area contributed by atoms with Crippen molar-refractivity contribution in [1.29, 1.82) is 0 Å². The molecule has 0 spiro atoms. The van der Waals surface area contributed by atoms with E-state index in [0.717, 1.165) is 31.3 Å². The maximum Gasteiger partial charge on any atom is 0.226 e. The van der Waals surface area contributed by atoms with E-state index in [1.807, 2.05) is 24.3 Å². The second-order valence-corrected chi connectivity index (χ2v) is 6.94. The molecule has 1 atom stereocenters. The summed E-state index contributed by atoms with van der Waals surface area (Å²) in [5.41, 5.74) is 1.45. The highest BCUT2D eigenvalue weighted by Crippen LogP contribution is 2.17. The molecular formula is C13H17N3O2S. The third-order valence-corrected chi connectivity index (χ3v) is 5.12. The number of imidazole rings is 1. The fraction of sp³-hybridized carbons (Fsp3) is 0.462. The van der Waals surface area contributed by atoms with Crippen LogP contribution in [0.2, 0.25) is 0 Å². The number of aromatic nitrogens is 2. The molecule has 1 aromatic heterocycles. The van der Waals surface area contributed by atoms with Gasteiger partial charge in [-0.25, -0.2) is 13.4 Å². The molecule has 0 radical (unpaired) electrons. The molecule has 19 heavy (non-hydrogen) atoms. The van der Waals surface area contributed by atoms with Gasteiger partial charge in [0, 0.05) is 6.04 Å². The number of H-pyrrole nitrogens is 1. The van der Waals surface area contributed by atoms with E-state index in [4.69, 9.17) is 0 Å². The number of rotatable bonds is 3. The molecule has 1 aliphatic rings. The Labute approximate surface area is 112 Å². The van der Waals surface area contributed by atoms with E-state index in [9.17, 15) is 8.42 Å². The van der Waals surface area contributed by atoms with Crippen LogP contribution in [0.1, 0.15) is 19.3 Å². The van der Waals surface area contributed by atoms with Crippen LogP contribution in [0, 0.1) is 0 Å². The highest BCUT2D eigenvalue weighted by molar-refractivity contribution is 7.91. The van der Waals surface area contributed by atoms with Gasteiger partial charge in [0.1, 0.15) is 0 Å². The van der Waals surface area contributed by atoms with Crippen LogP contribution in [0.4, 0.5) is 0 Å². The summed E-state index contributed by atoms with van der Waals surface area (Å²) in [4.78, 5) is 7.08. The first-order chi connectivity index (χ1) is 9.15. The van der Waals surface area contributed by atoms with Gasteiger partial charge in [-0.3, -0.25) is 0 Å². The lowest BCUT2D eigenvalue weighted by atomic mass is 10.1. The molecule has 3 rings (SSSR count). The molecule has 2 N–H and O–H groups in total. The summed E-state index contributed by atoms with van der Waals surface area (Å²) in [6.07, 6.45) is 3.13. The highest BCUT2D eigenvalue weighted by atomic mass is 32.2. The Morgan fingerprint density at radius 2 is 2.11 bits per heavy atom. The van der Waals surface area contributed by atoms with Crippen molar-refractivity contribution in [1.82, 2.24) is 15.3 Å². The van der Waals surface area contributed by atoms with E-state index >= 15 is 0 Å². The molecule has 0 bridgehead atoms. The first kappa shape index (κ1) is 12.6. The number of hydrogen-bond acceptors (Lipinski definition) is 4. The molecule has 1 aromatic carbocycles. The smallest absolute Gasteiger partial charge is 0.226 e. The summed E-state index contributed by atoms with van der Waals surface area (Å²) in [6, 6.07) is 7.40. The van der Waals surface area contributed by atoms with E-state index in [-0.39, 0.29) is 17.0 Å². The van der Waals surface area contributed by atoms with E-state index in [2.05, 4.69) is 15.3 Å². The van der Waals surface area contributed by atoms with Crippen LogP contribution in [0.5, 0.6) is 0 Å². The van der Waals surface area contributed by atoms with Gasteiger partial charge in [-0.1, -0.05) is 18.6 Å². The average Bonchev–Trinajstić information content (AvgIpc) is 2.84. The van der Waals surface area contributed by atoms with Crippen molar-refractivity contribution in [3.05, 3.63) is 24.3 Å². The van der Waals surface area contributed by atoms with E-state index in [1.54, 1.807) is 0 Å². The number of para-hydroxylation sites is 2. The van der Waals surface area contributed by atoms with Crippen molar-refractivity contribution >= 4 is 20.9 Å². The van der Waals surface area contributed by atoms with E-state index in [1.165, 1.54) is 0 Å². The monoisotopic (exact) mass is 279 g/mol. The van der Waals surface area contributed by atoms with Crippen molar-refractivity contribution in [2.45, 2.75) is 30.5 Å². The topological polar surface area (TPSA) is 74.8 Å².